The molecular formula is C22H10O6. The molecule has 0 saturated heterocycles. The summed E-state index contributed by atoms with van der Waals surface area (Å²) in [6.45, 7) is 0. The maximum absolute atomic E-state index is 10.9. The summed E-state index contributed by atoms with van der Waals surface area (Å²) in [5.74, 6) is 8.12. The van der Waals surface area contributed by atoms with Gasteiger partial charge < -0.3 is 9.47 Å². The second-order valence-corrected chi connectivity index (χ2v) is 5.50. The normalized spacial score (nSPS) is 9.43. The minimum absolute atomic E-state index is 0.0459. The van der Waals surface area contributed by atoms with Gasteiger partial charge in [0.15, 0.2) is 0 Å². The second-order valence-electron chi connectivity index (χ2n) is 5.50. The zero-order valence-electron chi connectivity index (χ0n) is 14.2. The van der Waals surface area contributed by atoms with E-state index in [-0.39, 0.29) is 20.9 Å². The molecule has 3 aromatic carbocycles. The summed E-state index contributed by atoms with van der Waals surface area (Å²) in [5, 5.41) is 0.283. The van der Waals surface area contributed by atoms with Crippen LogP contribution in [0.3, 0.4) is 0 Å². The first-order valence-electron chi connectivity index (χ1n) is 7.93. The van der Waals surface area contributed by atoms with Gasteiger partial charge in [-0.05, 0) is 36.4 Å². The first kappa shape index (κ1) is 18.4. The zero-order valence-corrected chi connectivity index (χ0v) is 14.2. The van der Waals surface area contributed by atoms with Crippen LogP contribution in [0.4, 0.5) is 0 Å². The van der Waals surface area contributed by atoms with Crippen molar-refractivity contribution >= 4 is 23.8 Å². The quantitative estimate of drug-likeness (QED) is 0.603. The van der Waals surface area contributed by atoms with Crippen molar-refractivity contribution in [2.45, 2.75) is 0 Å². The molecule has 0 bridgehead atoms. The maximum atomic E-state index is 10.9. The number of carbonyl (C=O) groups excluding carboxylic acids is 4. The lowest BCUT2D eigenvalue weighted by molar-refractivity contribution is 0.459. The van der Waals surface area contributed by atoms with Crippen LogP contribution in [0.1, 0.15) is 0 Å². The monoisotopic (exact) mass is 370 g/mol. The van der Waals surface area contributed by atoms with Gasteiger partial charge in [0.1, 0.15) is 46.8 Å². The molecule has 0 aromatic heterocycles. The number of benzene rings is 3. The predicted octanol–water partition coefficient (Wildman–Crippen LogP) is -0.716. The fraction of sp³-hybridized carbons (Fsp3) is 0. The second kappa shape index (κ2) is 8.31. The molecule has 0 aliphatic carbocycles. The van der Waals surface area contributed by atoms with Gasteiger partial charge in [0.05, 0.1) is 20.9 Å². The van der Waals surface area contributed by atoms with Crippen molar-refractivity contribution in [1.82, 2.24) is 0 Å². The minimum atomic E-state index is 0.0459. The summed E-state index contributed by atoms with van der Waals surface area (Å²) in [6, 6.07) is 15.2. The Balaban J connectivity index is 1.89. The molecule has 3 aromatic rings. The molecule has 28 heavy (non-hydrogen) atoms. The van der Waals surface area contributed by atoms with E-state index in [0.717, 1.165) is 0 Å². The van der Waals surface area contributed by atoms with Crippen molar-refractivity contribution in [2.24, 2.45) is 0 Å². The Bertz CT molecular complexity index is 1280. The average Bonchev–Trinajstić information content (AvgIpc) is 2.73. The lowest BCUT2D eigenvalue weighted by Gasteiger charge is -2.09. The molecule has 6 nitrogen and oxygen atoms in total. The highest BCUT2D eigenvalue weighted by Crippen LogP contribution is 2.27. The first-order chi connectivity index (χ1) is 13.7. The van der Waals surface area contributed by atoms with Crippen LogP contribution in [0.2, 0.25) is 0 Å². The molecule has 134 valence electrons. The van der Waals surface area contributed by atoms with Crippen LogP contribution in [0.25, 0.3) is 0 Å². The van der Waals surface area contributed by atoms with Crippen LogP contribution < -0.4 is 30.3 Å². The topological polar surface area (TPSA) is 86.7 Å². The van der Waals surface area contributed by atoms with E-state index in [2.05, 4.69) is 0 Å². The van der Waals surface area contributed by atoms with Gasteiger partial charge in [0.25, 0.3) is 0 Å². The molecule has 0 atom stereocenters. The van der Waals surface area contributed by atoms with Gasteiger partial charge in [0.2, 0.25) is 0 Å². The smallest absolute Gasteiger partial charge is 0.133 e. The van der Waals surface area contributed by atoms with E-state index in [0.29, 0.717) is 23.0 Å². The highest BCUT2D eigenvalue weighted by molar-refractivity contribution is 5.57. The molecule has 0 fully saturated rings. The fourth-order valence-corrected chi connectivity index (χ4v) is 2.39. The van der Waals surface area contributed by atoms with Crippen molar-refractivity contribution in [3.05, 3.63) is 81.5 Å². The number of rotatable bonds is 4. The summed E-state index contributed by atoms with van der Waals surface area (Å²) < 4.78 is 11.4. The third-order valence-electron chi connectivity index (χ3n) is 3.70. The van der Waals surface area contributed by atoms with Crippen LogP contribution >= 0.6 is 0 Å². The predicted molar refractivity (Wildman–Crippen MR) is 97.2 cm³/mol. The highest BCUT2D eigenvalue weighted by Gasteiger charge is 2.03. The van der Waals surface area contributed by atoms with Crippen LogP contribution in [-0.4, -0.2) is 23.8 Å². The molecule has 0 heterocycles. The van der Waals surface area contributed by atoms with Gasteiger partial charge in [-0.1, -0.05) is 6.07 Å². The molecule has 0 amide bonds. The van der Waals surface area contributed by atoms with Crippen molar-refractivity contribution < 1.29 is 28.7 Å². The standard InChI is InChI=1S/C22H10O6/c23-11-15-4-6-21(8-17(15)13-25)27-19-2-1-3-20(10-19)28-22-7-5-16(12-24)18(9-22)14-26/h1-10H. The summed E-state index contributed by atoms with van der Waals surface area (Å²) in [4.78, 5) is 43.3. The highest BCUT2D eigenvalue weighted by atomic mass is 16.5. The first-order valence-corrected chi connectivity index (χ1v) is 7.93. The van der Waals surface area contributed by atoms with Crippen molar-refractivity contribution in [2.75, 3.05) is 0 Å². The summed E-state index contributed by atoms with van der Waals surface area (Å²) >= 11 is 0. The zero-order chi connectivity index (χ0) is 19.9. The molecule has 6 heteroatoms. The summed E-state index contributed by atoms with van der Waals surface area (Å²) in [5.41, 5.74) is 0. The third-order valence-corrected chi connectivity index (χ3v) is 3.70. The van der Waals surface area contributed by atoms with E-state index in [1.165, 1.54) is 36.4 Å². The van der Waals surface area contributed by atoms with Gasteiger partial charge in [-0.2, -0.15) is 0 Å². The third kappa shape index (κ3) is 4.04. The molecule has 0 spiro atoms. The van der Waals surface area contributed by atoms with Crippen LogP contribution in [0.15, 0.2) is 60.7 Å². The Labute approximate surface area is 157 Å². The molecular weight excluding hydrogens is 360 g/mol. The summed E-state index contributed by atoms with van der Waals surface area (Å²) in [6.07, 6.45) is 0. The Morgan fingerprint density at radius 1 is 0.464 bits per heavy atom. The molecule has 0 radical (unpaired) electrons. The SMILES string of the molecule is O=C=c1ccc(Oc2cccc(Oc3ccc(=C=O)c(=C=O)c3)c2)cc1=C=O. The van der Waals surface area contributed by atoms with Crippen LogP contribution in [0.5, 0.6) is 23.0 Å². The fourth-order valence-electron chi connectivity index (χ4n) is 2.39. The number of ether oxygens (including phenoxy) is 2. The number of hydrogen-bond donors (Lipinski definition) is 0. The van der Waals surface area contributed by atoms with Crippen molar-refractivity contribution in [3.63, 3.8) is 0 Å². The van der Waals surface area contributed by atoms with Gasteiger partial charge in [-0.3, -0.25) is 0 Å². The van der Waals surface area contributed by atoms with Gasteiger partial charge in [-0.15, -0.1) is 0 Å². The maximum Gasteiger partial charge on any atom is 0.133 e. The van der Waals surface area contributed by atoms with E-state index in [1.54, 1.807) is 48.0 Å². The Morgan fingerprint density at radius 2 is 0.857 bits per heavy atom. The van der Waals surface area contributed by atoms with E-state index in [4.69, 9.17) is 9.47 Å². The van der Waals surface area contributed by atoms with E-state index < -0.39 is 0 Å². The largest absolute Gasteiger partial charge is 0.457 e. The van der Waals surface area contributed by atoms with Crippen LogP contribution in [0, 0.1) is 0 Å². The Kier molecular flexibility index (Phi) is 5.45. The molecule has 0 aliphatic rings. The van der Waals surface area contributed by atoms with E-state index in [9.17, 15) is 19.2 Å². The molecule has 0 unspecified atom stereocenters. The van der Waals surface area contributed by atoms with Crippen molar-refractivity contribution in [1.29, 1.82) is 0 Å². The molecule has 0 aliphatic heterocycles. The van der Waals surface area contributed by atoms with Gasteiger partial charge >= 0.3 is 0 Å². The number of hydrogen-bond acceptors (Lipinski definition) is 6. The van der Waals surface area contributed by atoms with Crippen molar-refractivity contribution in [3.8, 4) is 23.0 Å². The summed E-state index contributed by atoms with van der Waals surface area (Å²) in [7, 11) is 0. The molecule has 3 rings (SSSR count). The van der Waals surface area contributed by atoms with Crippen LogP contribution in [-0.2, 0) is 19.2 Å². The Hall–Kier alpha value is -4.42. The molecule has 0 saturated carbocycles. The Morgan fingerprint density at radius 3 is 1.25 bits per heavy atom. The van der Waals surface area contributed by atoms with Gasteiger partial charge in [0, 0.05) is 18.2 Å². The van der Waals surface area contributed by atoms with Gasteiger partial charge in [-0.25, -0.2) is 19.2 Å². The minimum Gasteiger partial charge on any atom is -0.457 e. The average molecular weight is 370 g/mol. The lowest BCUT2D eigenvalue weighted by Crippen LogP contribution is -2.26. The lowest BCUT2D eigenvalue weighted by atomic mass is 10.2. The molecule has 0 N–H and O–H groups in total. The van der Waals surface area contributed by atoms with E-state index >= 15 is 0 Å². The van der Waals surface area contributed by atoms with E-state index in [1.807, 2.05) is 0 Å².